The fraction of sp³-hybridized carbons (Fsp3) is 0.762. The molecule has 3 fully saturated rings. The quantitative estimate of drug-likeness (QED) is 0.842. The predicted molar refractivity (Wildman–Crippen MR) is 104 cm³/mol. The van der Waals surface area contributed by atoms with E-state index < -0.39 is 0 Å². The molecule has 0 spiro atoms. The van der Waals surface area contributed by atoms with Crippen molar-refractivity contribution in [3.63, 3.8) is 0 Å². The summed E-state index contributed by atoms with van der Waals surface area (Å²) < 4.78 is 0. The van der Waals surface area contributed by atoms with Crippen molar-refractivity contribution >= 4 is 5.69 Å². The van der Waals surface area contributed by atoms with Crippen molar-refractivity contribution in [1.29, 1.82) is 0 Å². The highest BCUT2D eigenvalue weighted by Gasteiger charge is 2.34. The van der Waals surface area contributed by atoms with E-state index in [1.165, 1.54) is 70.5 Å². The van der Waals surface area contributed by atoms with E-state index in [0.717, 1.165) is 36.4 Å². The third-order valence-corrected chi connectivity index (χ3v) is 6.53. The Morgan fingerprint density at radius 3 is 2.36 bits per heavy atom. The van der Waals surface area contributed by atoms with Crippen molar-refractivity contribution in [3.8, 4) is 0 Å². The molecule has 3 saturated heterocycles. The largest absolute Gasteiger partial charge is 0.369 e. The van der Waals surface area contributed by atoms with E-state index in [1.54, 1.807) is 0 Å². The molecular formula is C21H34N4. The molecule has 1 aromatic rings. The molecule has 0 aromatic carbocycles. The van der Waals surface area contributed by atoms with Crippen LogP contribution in [0.2, 0.25) is 0 Å². The molecule has 1 aromatic heterocycles. The molecule has 3 aliphatic heterocycles. The van der Waals surface area contributed by atoms with Gasteiger partial charge in [-0.25, -0.2) is 0 Å². The Labute approximate surface area is 153 Å². The topological polar surface area (TPSA) is 22.6 Å². The summed E-state index contributed by atoms with van der Waals surface area (Å²) >= 11 is 0. The first kappa shape index (κ1) is 17.3. The van der Waals surface area contributed by atoms with Gasteiger partial charge in [-0.1, -0.05) is 6.42 Å². The Kier molecular flexibility index (Phi) is 5.28. The zero-order valence-electron chi connectivity index (χ0n) is 16.1. The van der Waals surface area contributed by atoms with Crippen molar-refractivity contribution in [2.75, 3.05) is 50.7 Å². The highest BCUT2D eigenvalue weighted by Crippen LogP contribution is 2.31. The lowest BCUT2D eigenvalue weighted by Gasteiger charge is -2.46. The molecule has 3 aliphatic rings. The van der Waals surface area contributed by atoms with Crippen molar-refractivity contribution in [1.82, 2.24) is 14.8 Å². The van der Waals surface area contributed by atoms with Crippen LogP contribution in [0, 0.1) is 19.8 Å². The van der Waals surface area contributed by atoms with E-state index in [1.807, 2.05) is 0 Å². The lowest BCUT2D eigenvalue weighted by molar-refractivity contribution is 0.0394. The number of piperazine rings is 1. The summed E-state index contributed by atoms with van der Waals surface area (Å²) in [6.45, 7) is 13.0. The van der Waals surface area contributed by atoms with Gasteiger partial charge < -0.3 is 9.80 Å². The Morgan fingerprint density at radius 1 is 0.880 bits per heavy atom. The van der Waals surface area contributed by atoms with Gasteiger partial charge in [-0.05, 0) is 70.7 Å². The molecule has 4 nitrogen and oxygen atoms in total. The molecule has 4 heteroatoms. The molecule has 0 aliphatic carbocycles. The molecule has 0 amide bonds. The lowest BCUT2D eigenvalue weighted by Crippen LogP contribution is -2.53. The van der Waals surface area contributed by atoms with Crippen LogP contribution in [0.1, 0.15) is 43.5 Å². The normalized spacial score (nSPS) is 28.8. The number of nitrogens with zero attached hydrogens (tertiary/aromatic N) is 4. The van der Waals surface area contributed by atoms with Crippen molar-refractivity contribution in [2.45, 2.75) is 52.0 Å². The number of piperidine rings is 2. The Morgan fingerprint density at radius 2 is 1.60 bits per heavy atom. The molecule has 4 heterocycles. The number of fused-ring (bicyclic) bond motifs is 1. The van der Waals surface area contributed by atoms with Gasteiger partial charge in [0.15, 0.2) is 0 Å². The van der Waals surface area contributed by atoms with E-state index in [0.29, 0.717) is 0 Å². The summed E-state index contributed by atoms with van der Waals surface area (Å²) in [5.41, 5.74) is 3.63. The number of pyridine rings is 1. The molecule has 0 saturated carbocycles. The zero-order chi connectivity index (χ0) is 17.2. The van der Waals surface area contributed by atoms with Gasteiger partial charge in [-0.15, -0.1) is 0 Å². The monoisotopic (exact) mass is 342 g/mol. The fourth-order valence-electron chi connectivity index (χ4n) is 5.31. The minimum Gasteiger partial charge on any atom is -0.369 e. The maximum atomic E-state index is 4.52. The second kappa shape index (κ2) is 7.63. The predicted octanol–water partition coefficient (Wildman–Crippen LogP) is 3.08. The number of hydrogen-bond donors (Lipinski definition) is 0. The molecule has 138 valence electrons. The Balaban J connectivity index is 1.32. The first-order valence-corrected chi connectivity index (χ1v) is 10.4. The first-order valence-electron chi connectivity index (χ1n) is 10.4. The highest BCUT2D eigenvalue weighted by atomic mass is 15.3. The molecule has 0 bridgehead atoms. The van der Waals surface area contributed by atoms with Crippen LogP contribution in [0.25, 0.3) is 0 Å². The smallest absolute Gasteiger partial charge is 0.0403 e. The minimum atomic E-state index is 0.881. The second-order valence-electron chi connectivity index (χ2n) is 8.40. The van der Waals surface area contributed by atoms with Crippen LogP contribution in [0.4, 0.5) is 5.69 Å². The average Bonchev–Trinajstić information content (AvgIpc) is 2.62. The molecule has 0 N–H and O–H groups in total. The molecule has 0 radical (unpaired) electrons. The summed E-state index contributed by atoms with van der Waals surface area (Å²) in [6, 6.07) is 5.36. The van der Waals surface area contributed by atoms with Gasteiger partial charge in [0.25, 0.3) is 0 Å². The summed E-state index contributed by atoms with van der Waals surface area (Å²) in [6.07, 6.45) is 7.18. The summed E-state index contributed by atoms with van der Waals surface area (Å²) in [5.74, 6) is 0.908. The Hall–Kier alpha value is -1.13. The molecule has 25 heavy (non-hydrogen) atoms. The SMILES string of the molecule is Cc1cc(N2CCN(C[C@@H]3CCCN4CCCC[C@H]34)CC2)cc(C)n1. The van der Waals surface area contributed by atoms with Crippen LogP contribution in [-0.4, -0.2) is 66.6 Å². The van der Waals surface area contributed by atoms with Crippen molar-refractivity contribution in [3.05, 3.63) is 23.5 Å². The van der Waals surface area contributed by atoms with Crippen LogP contribution in [0.15, 0.2) is 12.1 Å². The van der Waals surface area contributed by atoms with Crippen LogP contribution in [0.3, 0.4) is 0 Å². The molecular weight excluding hydrogens is 308 g/mol. The third kappa shape index (κ3) is 4.01. The minimum absolute atomic E-state index is 0.881. The maximum absolute atomic E-state index is 4.52. The fourth-order valence-corrected chi connectivity index (χ4v) is 5.31. The van der Waals surface area contributed by atoms with Crippen LogP contribution in [0.5, 0.6) is 0 Å². The van der Waals surface area contributed by atoms with E-state index >= 15 is 0 Å². The van der Waals surface area contributed by atoms with Gasteiger partial charge in [-0.3, -0.25) is 9.88 Å². The number of hydrogen-bond acceptors (Lipinski definition) is 4. The van der Waals surface area contributed by atoms with Crippen LogP contribution < -0.4 is 4.90 Å². The summed E-state index contributed by atoms with van der Waals surface area (Å²) in [4.78, 5) is 12.6. The van der Waals surface area contributed by atoms with E-state index in [9.17, 15) is 0 Å². The van der Waals surface area contributed by atoms with Gasteiger partial charge in [-0.2, -0.15) is 0 Å². The average molecular weight is 343 g/mol. The standard InChI is InChI=1S/C21H34N4/c1-17-14-20(15-18(2)22-17)24-12-10-23(11-13-24)16-19-6-5-9-25-8-4-3-7-21(19)25/h14-15,19,21H,3-13,16H2,1-2H3/t19-,21+/m0/s1. The van der Waals surface area contributed by atoms with Crippen molar-refractivity contribution in [2.24, 2.45) is 5.92 Å². The lowest BCUT2D eigenvalue weighted by atomic mass is 9.83. The van der Waals surface area contributed by atoms with Gasteiger partial charge in [0.05, 0.1) is 0 Å². The molecule has 0 unspecified atom stereocenters. The third-order valence-electron chi connectivity index (χ3n) is 6.53. The van der Waals surface area contributed by atoms with Gasteiger partial charge >= 0.3 is 0 Å². The first-order chi connectivity index (χ1) is 12.2. The number of aromatic nitrogens is 1. The molecule has 2 atom stereocenters. The molecule has 4 rings (SSSR count). The van der Waals surface area contributed by atoms with Gasteiger partial charge in [0, 0.05) is 55.8 Å². The summed E-state index contributed by atoms with van der Waals surface area (Å²) in [7, 11) is 0. The number of anilines is 1. The highest BCUT2D eigenvalue weighted by molar-refractivity contribution is 5.48. The number of aryl methyl sites for hydroxylation is 2. The Bertz CT molecular complexity index is 557. The zero-order valence-corrected chi connectivity index (χ0v) is 16.1. The van der Waals surface area contributed by atoms with Crippen LogP contribution in [-0.2, 0) is 0 Å². The number of rotatable bonds is 3. The van der Waals surface area contributed by atoms with E-state index in [2.05, 4.69) is 45.7 Å². The van der Waals surface area contributed by atoms with E-state index in [4.69, 9.17) is 0 Å². The van der Waals surface area contributed by atoms with E-state index in [-0.39, 0.29) is 0 Å². The van der Waals surface area contributed by atoms with Crippen molar-refractivity contribution < 1.29 is 0 Å². The van der Waals surface area contributed by atoms with Gasteiger partial charge in [0.2, 0.25) is 0 Å². The van der Waals surface area contributed by atoms with Gasteiger partial charge in [0.1, 0.15) is 0 Å². The maximum Gasteiger partial charge on any atom is 0.0403 e. The summed E-state index contributed by atoms with van der Waals surface area (Å²) in [5, 5.41) is 0. The van der Waals surface area contributed by atoms with Crippen LogP contribution >= 0.6 is 0 Å². The second-order valence-corrected chi connectivity index (χ2v) is 8.40.